The van der Waals surface area contributed by atoms with Crippen molar-refractivity contribution in [3.8, 4) is 0 Å². The summed E-state index contributed by atoms with van der Waals surface area (Å²) in [6.45, 7) is 8.66. The summed E-state index contributed by atoms with van der Waals surface area (Å²) in [5.74, 6) is -0.219. The molecule has 0 aromatic heterocycles. The second kappa shape index (κ2) is 6.76. The molecule has 1 atom stereocenters. The molecule has 0 aliphatic carbocycles. The number of benzene rings is 2. The molecule has 4 nitrogen and oxygen atoms in total. The standard InChI is InChI=1S/C21H23ClN2O2/c1-14-19(25)24(18-11-9-17(22)10-12-18)20(26)23(14)13-15-5-7-16(8-6-15)21(2,3)4/h5-12,14H,13H2,1-4H3/t14-/m0/s1. The lowest BCUT2D eigenvalue weighted by Crippen LogP contribution is -2.33. The molecular formula is C21H23ClN2O2. The maximum absolute atomic E-state index is 12.8. The maximum Gasteiger partial charge on any atom is 0.332 e. The van der Waals surface area contributed by atoms with Gasteiger partial charge >= 0.3 is 6.03 Å². The highest BCUT2D eigenvalue weighted by Crippen LogP contribution is 2.28. The number of rotatable bonds is 3. The minimum Gasteiger partial charge on any atom is -0.308 e. The molecule has 0 spiro atoms. The van der Waals surface area contributed by atoms with E-state index in [9.17, 15) is 9.59 Å². The average molecular weight is 371 g/mol. The molecule has 1 saturated heterocycles. The molecule has 2 aromatic carbocycles. The van der Waals surface area contributed by atoms with Gasteiger partial charge in [0.25, 0.3) is 5.91 Å². The highest BCUT2D eigenvalue weighted by molar-refractivity contribution is 6.30. The van der Waals surface area contributed by atoms with Crippen molar-refractivity contribution in [2.24, 2.45) is 0 Å². The van der Waals surface area contributed by atoms with Gasteiger partial charge in [0.15, 0.2) is 0 Å². The highest BCUT2D eigenvalue weighted by atomic mass is 35.5. The molecule has 2 aromatic rings. The molecule has 0 unspecified atom stereocenters. The van der Waals surface area contributed by atoms with Gasteiger partial charge in [-0.2, -0.15) is 0 Å². The minimum atomic E-state index is -0.500. The number of anilines is 1. The third kappa shape index (κ3) is 3.47. The summed E-state index contributed by atoms with van der Waals surface area (Å²) in [6, 6.07) is 14.1. The third-order valence-electron chi connectivity index (χ3n) is 4.74. The lowest BCUT2D eigenvalue weighted by Gasteiger charge is -2.22. The van der Waals surface area contributed by atoms with Crippen LogP contribution in [-0.4, -0.2) is 22.9 Å². The Kier molecular flexibility index (Phi) is 4.80. The monoisotopic (exact) mass is 370 g/mol. The number of hydrogen-bond donors (Lipinski definition) is 0. The summed E-state index contributed by atoms with van der Waals surface area (Å²) in [7, 11) is 0. The summed E-state index contributed by atoms with van der Waals surface area (Å²) in [5.41, 5.74) is 2.86. The Hall–Kier alpha value is -2.33. The minimum absolute atomic E-state index is 0.0800. The van der Waals surface area contributed by atoms with Gasteiger partial charge in [0.05, 0.1) is 5.69 Å². The number of nitrogens with zero attached hydrogens (tertiary/aromatic N) is 2. The lowest BCUT2D eigenvalue weighted by molar-refractivity contribution is -0.119. The Morgan fingerprint density at radius 2 is 1.54 bits per heavy atom. The van der Waals surface area contributed by atoms with Crippen LogP contribution in [0.25, 0.3) is 0 Å². The SMILES string of the molecule is C[C@H]1C(=O)N(c2ccc(Cl)cc2)C(=O)N1Cc1ccc(C(C)(C)C)cc1. The average Bonchev–Trinajstić information content (AvgIpc) is 2.79. The molecule has 1 heterocycles. The van der Waals surface area contributed by atoms with Crippen LogP contribution in [0.15, 0.2) is 48.5 Å². The Morgan fingerprint density at radius 3 is 2.08 bits per heavy atom. The van der Waals surface area contributed by atoms with Crippen LogP contribution in [0, 0.1) is 0 Å². The van der Waals surface area contributed by atoms with E-state index in [1.807, 2.05) is 12.1 Å². The molecule has 0 saturated carbocycles. The Balaban J connectivity index is 1.81. The topological polar surface area (TPSA) is 40.6 Å². The van der Waals surface area contributed by atoms with Crippen LogP contribution in [0.5, 0.6) is 0 Å². The van der Waals surface area contributed by atoms with Gasteiger partial charge in [0.2, 0.25) is 0 Å². The van der Waals surface area contributed by atoms with Crippen molar-refractivity contribution >= 4 is 29.2 Å². The van der Waals surface area contributed by atoms with Crippen LogP contribution < -0.4 is 4.90 Å². The number of urea groups is 1. The lowest BCUT2D eigenvalue weighted by atomic mass is 9.87. The molecule has 5 heteroatoms. The number of amides is 3. The zero-order valence-corrected chi connectivity index (χ0v) is 16.2. The van der Waals surface area contributed by atoms with Gasteiger partial charge in [0, 0.05) is 11.6 Å². The molecule has 1 aliphatic rings. The number of carbonyl (C=O) groups excluding carboxylic acids is 2. The van der Waals surface area contributed by atoms with Crippen molar-refractivity contribution in [3.05, 3.63) is 64.7 Å². The molecule has 0 radical (unpaired) electrons. The van der Waals surface area contributed by atoms with E-state index in [1.165, 1.54) is 10.5 Å². The Morgan fingerprint density at radius 1 is 0.962 bits per heavy atom. The second-order valence-electron chi connectivity index (χ2n) is 7.68. The molecule has 0 N–H and O–H groups in total. The highest BCUT2D eigenvalue weighted by Gasteiger charge is 2.43. The van der Waals surface area contributed by atoms with Crippen molar-refractivity contribution in [2.75, 3.05) is 4.90 Å². The van der Waals surface area contributed by atoms with E-state index in [0.29, 0.717) is 17.3 Å². The Labute approximate surface area is 159 Å². The van der Waals surface area contributed by atoms with Gasteiger partial charge in [0.1, 0.15) is 6.04 Å². The number of halogens is 1. The van der Waals surface area contributed by atoms with Crippen molar-refractivity contribution in [3.63, 3.8) is 0 Å². The van der Waals surface area contributed by atoms with E-state index in [0.717, 1.165) is 5.56 Å². The fourth-order valence-corrected chi connectivity index (χ4v) is 3.17. The van der Waals surface area contributed by atoms with E-state index in [1.54, 1.807) is 36.1 Å². The van der Waals surface area contributed by atoms with Crippen LogP contribution in [0.4, 0.5) is 10.5 Å². The van der Waals surface area contributed by atoms with Crippen molar-refractivity contribution < 1.29 is 9.59 Å². The van der Waals surface area contributed by atoms with Gasteiger partial charge < -0.3 is 4.90 Å². The van der Waals surface area contributed by atoms with Crippen molar-refractivity contribution in [1.82, 2.24) is 4.90 Å². The molecule has 136 valence electrons. The first-order valence-corrected chi connectivity index (χ1v) is 9.06. The van der Waals surface area contributed by atoms with Crippen molar-refractivity contribution in [1.29, 1.82) is 0 Å². The van der Waals surface area contributed by atoms with Gasteiger partial charge in [-0.3, -0.25) is 4.79 Å². The number of imide groups is 1. The van der Waals surface area contributed by atoms with Crippen molar-refractivity contribution in [2.45, 2.75) is 45.7 Å². The van der Waals surface area contributed by atoms with Gasteiger partial charge in [-0.1, -0.05) is 56.6 Å². The molecule has 1 fully saturated rings. The van der Waals surface area contributed by atoms with Crippen LogP contribution in [0.2, 0.25) is 5.02 Å². The number of hydrogen-bond acceptors (Lipinski definition) is 2. The fourth-order valence-electron chi connectivity index (χ4n) is 3.05. The zero-order valence-electron chi connectivity index (χ0n) is 15.5. The predicted molar refractivity (Wildman–Crippen MR) is 104 cm³/mol. The first kappa shape index (κ1) is 18.5. The summed E-state index contributed by atoms with van der Waals surface area (Å²) < 4.78 is 0. The molecular weight excluding hydrogens is 348 g/mol. The molecule has 26 heavy (non-hydrogen) atoms. The smallest absolute Gasteiger partial charge is 0.308 e. The molecule has 0 bridgehead atoms. The summed E-state index contributed by atoms with van der Waals surface area (Å²) >= 11 is 5.90. The first-order chi connectivity index (χ1) is 12.2. The Bertz CT molecular complexity index is 823. The molecule has 3 amide bonds. The van der Waals surface area contributed by atoms with Gasteiger partial charge in [-0.15, -0.1) is 0 Å². The van der Waals surface area contributed by atoms with Gasteiger partial charge in [-0.25, -0.2) is 9.69 Å². The third-order valence-corrected chi connectivity index (χ3v) is 4.99. The van der Waals surface area contributed by atoms with Crippen LogP contribution >= 0.6 is 11.6 Å². The van der Waals surface area contributed by atoms with Crippen LogP contribution in [0.3, 0.4) is 0 Å². The van der Waals surface area contributed by atoms with Gasteiger partial charge in [-0.05, 0) is 47.7 Å². The summed E-state index contributed by atoms with van der Waals surface area (Å²) in [6.07, 6.45) is 0. The van der Waals surface area contributed by atoms with E-state index < -0.39 is 6.04 Å². The van der Waals surface area contributed by atoms with E-state index >= 15 is 0 Å². The van der Waals surface area contributed by atoms with E-state index in [2.05, 4.69) is 32.9 Å². The summed E-state index contributed by atoms with van der Waals surface area (Å²) in [5, 5.41) is 0.566. The summed E-state index contributed by atoms with van der Waals surface area (Å²) in [4.78, 5) is 28.3. The normalized spacial score (nSPS) is 18.0. The second-order valence-corrected chi connectivity index (χ2v) is 8.12. The fraction of sp³-hybridized carbons (Fsp3) is 0.333. The maximum atomic E-state index is 12.8. The van der Waals surface area contributed by atoms with Crippen LogP contribution in [-0.2, 0) is 16.8 Å². The van der Waals surface area contributed by atoms with E-state index in [4.69, 9.17) is 11.6 Å². The number of carbonyl (C=O) groups is 2. The predicted octanol–water partition coefficient (Wildman–Crippen LogP) is 4.99. The molecule has 1 aliphatic heterocycles. The first-order valence-electron chi connectivity index (χ1n) is 8.68. The quantitative estimate of drug-likeness (QED) is 0.714. The zero-order chi connectivity index (χ0) is 19.1. The molecule has 3 rings (SSSR count). The van der Waals surface area contributed by atoms with Crippen LogP contribution in [0.1, 0.15) is 38.8 Å². The largest absolute Gasteiger partial charge is 0.332 e. The van der Waals surface area contributed by atoms with E-state index in [-0.39, 0.29) is 17.4 Å².